The van der Waals surface area contributed by atoms with Crippen LogP contribution in [0.25, 0.3) is 0 Å². The van der Waals surface area contributed by atoms with Gasteiger partial charge in [0.2, 0.25) is 17.6 Å². The van der Waals surface area contributed by atoms with Crippen LogP contribution >= 0.6 is 11.6 Å². The van der Waals surface area contributed by atoms with Gasteiger partial charge in [-0.15, -0.1) is 0 Å². The molecule has 0 fully saturated rings. The highest BCUT2D eigenvalue weighted by Gasteiger charge is 2.16. The lowest BCUT2D eigenvalue weighted by Gasteiger charge is -2.12. The summed E-state index contributed by atoms with van der Waals surface area (Å²) in [6, 6.07) is 11.3. The summed E-state index contributed by atoms with van der Waals surface area (Å²) in [6.07, 6.45) is -0.0625. The van der Waals surface area contributed by atoms with Crippen molar-refractivity contribution in [2.24, 2.45) is 0 Å². The van der Waals surface area contributed by atoms with Gasteiger partial charge >= 0.3 is 5.97 Å². The first-order chi connectivity index (χ1) is 13.3. The monoisotopic (exact) mass is 402 g/mol. The quantitative estimate of drug-likeness (QED) is 0.547. The van der Waals surface area contributed by atoms with Gasteiger partial charge in [0.25, 0.3) is 0 Å². The predicted molar refractivity (Wildman–Crippen MR) is 105 cm³/mol. The van der Waals surface area contributed by atoms with E-state index in [0.29, 0.717) is 16.3 Å². The normalized spacial score (nSPS) is 10.1. The highest BCUT2D eigenvalue weighted by Crippen LogP contribution is 2.22. The molecule has 0 saturated carbocycles. The molecular weight excluding hydrogens is 384 g/mol. The summed E-state index contributed by atoms with van der Waals surface area (Å²) in [5, 5.41) is 5.54. The molecule has 0 spiro atoms. The molecule has 28 heavy (non-hydrogen) atoms. The first-order valence-corrected chi connectivity index (χ1v) is 8.75. The van der Waals surface area contributed by atoms with Crippen LogP contribution in [0.1, 0.15) is 29.8 Å². The molecule has 2 aromatic rings. The molecule has 0 unspecified atom stereocenters. The van der Waals surface area contributed by atoms with Gasteiger partial charge < -0.3 is 15.4 Å². The first kappa shape index (κ1) is 21.1. The van der Waals surface area contributed by atoms with E-state index in [0.717, 1.165) is 0 Å². The van der Waals surface area contributed by atoms with Crippen molar-refractivity contribution in [1.82, 2.24) is 0 Å². The summed E-state index contributed by atoms with van der Waals surface area (Å²) in [5.41, 5.74) is 1.39. The average molecular weight is 403 g/mol. The van der Waals surface area contributed by atoms with Crippen molar-refractivity contribution in [3.8, 4) is 0 Å². The second-order valence-corrected chi connectivity index (χ2v) is 6.38. The SMILES string of the molecule is CC(=O)Nc1ccc(C(=O)COC(=O)Cc2ccccc2Cl)c(NC(C)=O)c1. The standard InChI is InChI=1S/C20H19ClN2O5/c1-12(24)22-15-7-8-16(18(10-15)23-13(2)25)19(26)11-28-20(27)9-14-5-3-4-6-17(14)21/h3-8,10H,9,11H2,1-2H3,(H,22,24)(H,23,25). The Bertz CT molecular complexity index is 927. The molecule has 0 aliphatic rings. The maximum absolute atomic E-state index is 12.5. The van der Waals surface area contributed by atoms with Crippen LogP contribution in [0.4, 0.5) is 11.4 Å². The highest BCUT2D eigenvalue weighted by atomic mass is 35.5. The lowest BCUT2D eigenvalue weighted by atomic mass is 10.1. The van der Waals surface area contributed by atoms with Crippen molar-refractivity contribution in [3.63, 3.8) is 0 Å². The molecule has 2 amide bonds. The van der Waals surface area contributed by atoms with E-state index in [-0.39, 0.29) is 29.5 Å². The molecule has 8 heteroatoms. The Balaban J connectivity index is 2.07. The Kier molecular flexibility index (Phi) is 7.28. The fourth-order valence-electron chi connectivity index (χ4n) is 2.43. The van der Waals surface area contributed by atoms with Crippen LogP contribution in [0.2, 0.25) is 5.02 Å². The number of rotatable bonds is 7. The Morgan fingerprint density at radius 3 is 2.29 bits per heavy atom. The fourth-order valence-corrected chi connectivity index (χ4v) is 2.64. The number of anilines is 2. The zero-order chi connectivity index (χ0) is 20.7. The van der Waals surface area contributed by atoms with E-state index < -0.39 is 18.4 Å². The van der Waals surface area contributed by atoms with E-state index in [1.165, 1.54) is 32.0 Å². The minimum atomic E-state index is -0.600. The first-order valence-electron chi connectivity index (χ1n) is 8.37. The zero-order valence-electron chi connectivity index (χ0n) is 15.4. The van der Waals surface area contributed by atoms with Crippen molar-refractivity contribution >= 4 is 46.5 Å². The number of carbonyl (C=O) groups is 4. The van der Waals surface area contributed by atoms with Crippen molar-refractivity contribution < 1.29 is 23.9 Å². The van der Waals surface area contributed by atoms with Gasteiger partial charge in [0.1, 0.15) is 0 Å². The molecular formula is C20H19ClN2O5. The van der Waals surface area contributed by atoms with Crippen LogP contribution in [0, 0.1) is 0 Å². The van der Waals surface area contributed by atoms with Gasteiger partial charge in [0.15, 0.2) is 6.61 Å². The molecule has 2 N–H and O–H groups in total. The third-order valence-electron chi connectivity index (χ3n) is 3.61. The smallest absolute Gasteiger partial charge is 0.310 e. The second-order valence-electron chi connectivity index (χ2n) is 5.97. The predicted octanol–water partition coefficient (Wildman–Crippen LogP) is 3.23. The van der Waals surface area contributed by atoms with Crippen molar-refractivity contribution in [2.45, 2.75) is 20.3 Å². The molecule has 0 saturated heterocycles. The number of Topliss-reactive ketones (excluding diaryl/α,β-unsaturated/α-hetero) is 1. The van der Waals surface area contributed by atoms with Crippen LogP contribution in [0.15, 0.2) is 42.5 Å². The summed E-state index contributed by atoms with van der Waals surface area (Å²) in [7, 11) is 0. The summed E-state index contributed by atoms with van der Waals surface area (Å²) >= 11 is 6.00. The van der Waals surface area contributed by atoms with Gasteiger partial charge in [-0.05, 0) is 29.8 Å². The summed E-state index contributed by atoms with van der Waals surface area (Å²) < 4.78 is 5.04. The van der Waals surface area contributed by atoms with E-state index in [4.69, 9.17) is 16.3 Å². The van der Waals surface area contributed by atoms with Crippen molar-refractivity contribution in [3.05, 3.63) is 58.6 Å². The highest BCUT2D eigenvalue weighted by molar-refractivity contribution is 6.31. The molecule has 0 radical (unpaired) electrons. The fraction of sp³-hybridized carbons (Fsp3) is 0.200. The van der Waals surface area contributed by atoms with Crippen LogP contribution in [-0.2, 0) is 25.5 Å². The second kappa shape index (κ2) is 9.66. The average Bonchev–Trinajstić information content (AvgIpc) is 2.61. The minimum Gasteiger partial charge on any atom is -0.457 e. The minimum absolute atomic E-state index is 0.0625. The van der Waals surface area contributed by atoms with Crippen molar-refractivity contribution in [2.75, 3.05) is 17.2 Å². The number of ether oxygens (including phenoxy) is 1. The Morgan fingerprint density at radius 2 is 1.64 bits per heavy atom. The number of nitrogens with one attached hydrogen (secondary N) is 2. The Labute approximate surface area is 167 Å². The Morgan fingerprint density at radius 1 is 0.964 bits per heavy atom. The maximum Gasteiger partial charge on any atom is 0.310 e. The molecule has 7 nitrogen and oxygen atoms in total. The number of esters is 1. The van der Waals surface area contributed by atoms with Crippen LogP contribution in [0.3, 0.4) is 0 Å². The molecule has 2 rings (SSSR count). The van der Waals surface area contributed by atoms with Crippen LogP contribution < -0.4 is 10.6 Å². The summed E-state index contributed by atoms with van der Waals surface area (Å²) in [5.74, 6) is -1.77. The van der Waals surface area contributed by atoms with Gasteiger partial charge in [-0.3, -0.25) is 19.2 Å². The third kappa shape index (κ3) is 6.21. The Hall–Kier alpha value is -3.19. The largest absolute Gasteiger partial charge is 0.457 e. The number of hydrogen-bond acceptors (Lipinski definition) is 5. The van der Waals surface area contributed by atoms with Gasteiger partial charge in [0.05, 0.1) is 12.1 Å². The number of benzene rings is 2. The molecule has 0 atom stereocenters. The molecule has 0 aliphatic heterocycles. The summed E-state index contributed by atoms with van der Waals surface area (Å²) in [6.45, 7) is 2.15. The number of halogens is 1. The number of hydrogen-bond donors (Lipinski definition) is 2. The molecule has 0 aromatic heterocycles. The van der Waals surface area contributed by atoms with Gasteiger partial charge in [-0.2, -0.15) is 0 Å². The molecule has 2 aromatic carbocycles. The third-order valence-corrected chi connectivity index (χ3v) is 3.98. The molecule has 0 heterocycles. The molecule has 146 valence electrons. The molecule has 0 aliphatic carbocycles. The van der Waals surface area contributed by atoms with Crippen LogP contribution in [-0.4, -0.2) is 30.2 Å². The van der Waals surface area contributed by atoms with Gasteiger partial charge in [0, 0.05) is 30.1 Å². The topological polar surface area (TPSA) is 102 Å². The van der Waals surface area contributed by atoms with Gasteiger partial charge in [-0.25, -0.2) is 0 Å². The van der Waals surface area contributed by atoms with Crippen LogP contribution in [0.5, 0.6) is 0 Å². The number of amides is 2. The lowest BCUT2D eigenvalue weighted by molar-refractivity contribution is -0.141. The summed E-state index contributed by atoms with van der Waals surface area (Å²) in [4.78, 5) is 47.1. The maximum atomic E-state index is 12.5. The zero-order valence-corrected chi connectivity index (χ0v) is 16.1. The van der Waals surface area contributed by atoms with E-state index in [1.54, 1.807) is 24.3 Å². The lowest BCUT2D eigenvalue weighted by Crippen LogP contribution is -2.18. The number of carbonyl (C=O) groups excluding carboxylic acids is 4. The van der Waals surface area contributed by atoms with Gasteiger partial charge in [-0.1, -0.05) is 29.8 Å². The van der Waals surface area contributed by atoms with Crippen molar-refractivity contribution in [1.29, 1.82) is 0 Å². The van der Waals surface area contributed by atoms with E-state index in [1.807, 2.05) is 0 Å². The van der Waals surface area contributed by atoms with E-state index in [9.17, 15) is 19.2 Å². The number of ketones is 1. The molecule has 0 bridgehead atoms. The van der Waals surface area contributed by atoms with E-state index in [2.05, 4.69) is 10.6 Å². The van der Waals surface area contributed by atoms with E-state index >= 15 is 0 Å².